The third-order valence-electron chi connectivity index (χ3n) is 5.60. The van der Waals surface area contributed by atoms with E-state index in [9.17, 15) is 13.2 Å². The number of nitriles is 1. The number of carbonyl (C=O) groups excluding carboxylic acids is 1. The Morgan fingerprint density at radius 2 is 2.00 bits per heavy atom. The van der Waals surface area contributed by atoms with Crippen LogP contribution in [0.25, 0.3) is 0 Å². The molecule has 1 N–H and O–H groups in total. The van der Waals surface area contributed by atoms with Gasteiger partial charge in [-0.25, -0.2) is 8.42 Å². The van der Waals surface area contributed by atoms with Gasteiger partial charge in [0.1, 0.15) is 10.6 Å². The third-order valence-corrected chi connectivity index (χ3v) is 7.52. The molecule has 1 aliphatic heterocycles. The molecule has 2 aromatic rings. The Labute approximate surface area is 201 Å². The van der Waals surface area contributed by atoms with Crippen LogP contribution in [-0.2, 0) is 21.4 Å². The lowest BCUT2D eigenvalue weighted by Crippen LogP contribution is -2.36. The van der Waals surface area contributed by atoms with Crippen LogP contribution in [0.2, 0.25) is 0 Å². The summed E-state index contributed by atoms with van der Waals surface area (Å²) >= 11 is 0. The second-order valence-electron chi connectivity index (χ2n) is 8.15. The lowest BCUT2D eigenvalue weighted by Gasteiger charge is -2.26. The number of carbonyl (C=O) groups is 1. The minimum absolute atomic E-state index is 0.0472. The first-order chi connectivity index (χ1) is 16.4. The van der Waals surface area contributed by atoms with Crippen molar-refractivity contribution in [3.05, 3.63) is 66.2 Å². The van der Waals surface area contributed by atoms with Gasteiger partial charge in [0.15, 0.2) is 0 Å². The van der Waals surface area contributed by atoms with E-state index in [-0.39, 0.29) is 23.1 Å². The first-order valence-electron chi connectivity index (χ1n) is 11.2. The van der Waals surface area contributed by atoms with Gasteiger partial charge in [-0.05, 0) is 48.7 Å². The summed E-state index contributed by atoms with van der Waals surface area (Å²) in [7, 11) is -2.31. The van der Waals surface area contributed by atoms with Crippen LogP contribution < -0.4 is 10.1 Å². The van der Waals surface area contributed by atoms with E-state index < -0.39 is 10.0 Å². The minimum Gasteiger partial charge on any atom is -0.495 e. The summed E-state index contributed by atoms with van der Waals surface area (Å²) in [6.07, 6.45) is 4.38. The van der Waals surface area contributed by atoms with Gasteiger partial charge in [0.2, 0.25) is 15.9 Å². The van der Waals surface area contributed by atoms with Crippen LogP contribution in [-0.4, -0.2) is 56.8 Å². The number of nitrogens with zero attached hydrogens (tertiary/aromatic N) is 3. The summed E-state index contributed by atoms with van der Waals surface area (Å²) in [5, 5.41) is 11.9. The van der Waals surface area contributed by atoms with Crippen LogP contribution in [0, 0.1) is 11.3 Å². The Kier molecular flexibility index (Phi) is 8.82. The van der Waals surface area contributed by atoms with Crippen molar-refractivity contribution in [1.29, 1.82) is 5.26 Å². The Hall–Kier alpha value is -3.19. The lowest BCUT2D eigenvalue weighted by atomic mass is 10.1. The molecule has 0 bridgehead atoms. The van der Waals surface area contributed by atoms with Gasteiger partial charge in [0.05, 0.1) is 25.3 Å². The number of ether oxygens (including phenoxy) is 1. The molecule has 0 spiro atoms. The SMILES string of the molecule is C=CCN(CC(=O)Nc1ccc(OC)c(S(=O)(=O)N2CCCCC2)c1)Cc1cccc(C#N)c1. The standard InChI is InChI=1S/C25H30N4O4S/c1-3-12-28(18-21-9-7-8-20(15-21)17-26)19-25(30)27-22-10-11-23(33-2)24(16-22)34(31,32)29-13-5-4-6-14-29/h3,7-11,15-16H,1,4-6,12-14,18-19H2,2H3,(H,27,30). The van der Waals surface area contributed by atoms with Crippen LogP contribution in [0.4, 0.5) is 5.69 Å². The number of methoxy groups -OCH3 is 1. The molecular formula is C25H30N4O4S. The highest BCUT2D eigenvalue weighted by atomic mass is 32.2. The van der Waals surface area contributed by atoms with Gasteiger partial charge in [0, 0.05) is 31.9 Å². The fourth-order valence-electron chi connectivity index (χ4n) is 3.97. The van der Waals surface area contributed by atoms with E-state index in [2.05, 4.69) is 18.0 Å². The molecule has 0 atom stereocenters. The van der Waals surface area contributed by atoms with E-state index in [1.54, 1.807) is 30.3 Å². The molecule has 1 fully saturated rings. The number of hydrogen-bond donors (Lipinski definition) is 1. The number of nitrogens with one attached hydrogen (secondary N) is 1. The van der Waals surface area contributed by atoms with Crippen molar-refractivity contribution < 1.29 is 17.9 Å². The molecule has 0 unspecified atom stereocenters. The minimum atomic E-state index is -3.74. The molecule has 0 saturated carbocycles. The van der Waals surface area contributed by atoms with Crippen LogP contribution in [0.1, 0.15) is 30.4 Å². The van der Waals surface area contributed by atoms with E-state index >= 15 is 0 Å². The van der Waals surface area contributed by atoms with Crippen molar-refractivity contribution >= 4 is 21.6 Å². The van der Waals surface area contributed by atoms with Gasteiger partial charge < -0.3 is 10.1 Å². The average molecular weight is 483 g/mol. The van der Waals surface area contributed by atoms with E-state index in [0.717, 1.165) is 24.8 Å². The zero-order chi connectivity index (χ0) is 24.6. The summed E-state index contributed by atoms with van der Waals surface area (Å²) in [4.78, 5) is 14.7. The molecule has 0 aromatic heterocycles. The Balaban J connectivity index is 1.74. The smallest absolute Gasteiger partial charge is 0.246 e. The number of anilines is 1. The molecular weight excluding hydrogens is 452 g/mol. The van der Waals surface area contributed by atoms with Crippen molar-refractivity contribution in [3.63, 3.8) is 0 Å². The van der Waals surface area contributed by atoms with Crippen LogP contribution in [0.15, 0.2) is 60.0 Å². The highest BCUT2D eigenvalue weighted by molar-refractivity contribution is 7.89. The first-order valence-corrected chi connectivity index (χ1v) is 12.6. The maximum atomic E-state index is 13.2. The predicted octanol–water partition coefficient (Wildman–Crippen LogP) is 3.37. The fraction of sp³-hybridized carbons (Fsp3) is 0.360. The number of benzene rings is 2. The molecule has 34 heavy (non-hydrogen) atoms. The van der Waals surface area contributed by atoms with E-state index in [4.69, 9.17) is 10.00 Å². The summed E-state index contributed by atoms with van der Waals surface area (Å²) in [5.41, 5.74) is 1.85. The van der Waals surface area contributed by atoms with E-state index in [1.807, 2.05) is 17.0 Å². The largest absolute Gasteiger partial charge is 0.495 e. The molecule has 3 rings (SSSR count). The van der Waals surface area contributed by atoms with Crippen molar-refractivity contribution in [2.24, 2.45) is 0 Å². The molecule has 1 saturated heterocycles. The molecule has 1 aliphatic rings. The van der Waals surface area contributed by atoms with Gasteiger partial charge in [-0.3, -0.25) is 9.69 Å². The molecule has 2 aromatic carbocycles. The molecule has 9 heteroatoms. The van der Waals surface area contributed by atoms with Crippen LogP contribution in [0.3, 0.4) is 0 Å². The number of hydrogen-bond acceptors (Lipinski definition) is 6. The molecule has 0 radical (unpaired) electrons. The highest BCUT2D eigenvalue weighted by Crippen LogP contribution is 2.31. The second-order valence-corrected chi connectivity index (χ2v) is 10.1. The molecule has 180 valence electrons. The van der Waals surface area contributed by atoms with E-state index in [1.165, 1.54) is 17.5 Å². The summed E-state index contributed by atoms with van der Waals surface area (Å²) < 4.78 is 33.2. The monoisotopic (exact) mass is 482 g/mol. The van der Waals surface area contributed by atoms with Crippen molar-refractivity contribution in [3.8, 4) is 11.8 Å². The number of amides is 1. The van der Waals surface area contributed by atoms with Gasteiger partial charge in [0.25, 0.3) is 0 Å². The second kappa shape index (κ2) is 11.8. The normalized spacial score (nSPS) is 14.4. The molecule has 0 aliphatic carbocycles. The average Bonchev–Trinajstić information content (AvgIpc) is 2.84. The maximum absolute atomic E-state index is 13.2. The quantitative estimate of drug-likeness (QED) is 0.521. The number of rotatable bonds is 10. The first kappa shape index (κ1) is 25.4. The van der Waals surface area contributed by atoms with Gasteiger partial charge >= 0.3 is 0 Å². The van der Waals surface area contributed by atoms with Crippen molar-refractivity contribution in [2.45, 2.75) is 30.7 Å². The number of sulfonamides is 1. The number of piperidine rings is 1. The zero-order valence-electron chi connectivity index (χ0n) is 19.4. The Morgan fingerprint density at radius 3 is 2.68 bits per heavy atom. The van der Waals surface area contributed by atoms with Gasteiger partial charge in [-0.15, -0.1) is 6.58 Å². The van der Waals surface area contributed by atoms with Crippen LogP contribution in [0.5, 0.6) is 5.75 Å². The maximum Gasteiger partial charge on any atom is 0.246 e. The summed E-state index contributed by atoms with van der Waals surface area (Å²) in [6, 6.07) is 14.0. The van der Waals surface area contributed by atoms with Gasteiger partial charge in [-0.2, -0.15) is 9.57 Å². The van der Waals surface area contributed by atoms with E-state index in [0.29, 0.717) is 37.4 Å². The van der Waals surface area contributed by atoms with Gasteiger partial charge in [-0.1, -0.05) is 24.6 Å². The zero-order valence-corrected chi connectivity index (χ0v) is 20.2. The fourth-order valence-corrected chi connectivity index (χ4v) is 5.67. The Morgan fingerprint density at radius 1 is 1.24 bits per heavy atom. The van der Waals surface area contributed by atoms with Crippen molar-refractivity contribution in [1.82, 2.24) is 9.21 Å². The Bertz CT molecular complexity index is 1170. The molecule has 8 nitrogen and oxygen atoms in total. The summed E-state index contributed by atoms with van der Waals surface area (Å²) in [5.74, 6) is -0.0426. The predicted molar refractivity (Wildman–Crippen MR) is 131 cm³/mol. The molecule has 1 heterocycles. The highest BCUT2D eigenvalue weighted by Gasteiger charge is 2.29. The topological polar surface area (TPSA) is 103 Å². The lowest BCUT2D eigenvalue weighted by molar-refractivity contribution is -0.117. The molecule has 1 amide bonds. The summed E-state index contributed by atoms with van der Waals surface area (Å²) in [6.45, 7) is 5.72. The van der Waals surface area contributed by atoms with Crippen LogP contribution >= 0.6 is 0 Å². The third kappa shape index (κ3) is 6.44. The van der Waals surface area contributed by atoms with Crippen molar-refractivity contribution in [2.75, 3.05) is 38.6 Å².